The summed E-state index contributed by atoms with van der Waals surface area (Å²) in [7, 11) is 3.63. The molecule has 0 saturated heterocycles. The van der Waals surface area contributed by atoms with E-state index in [1.54, 1.807) is 16.4 Å². The first-order valence-corrected chi connectivity index (χ1v) is 10.1. The van der Waals surface area contributed by atoms with Gasteiger partial charge in [0.1, 0.15) is 11.4 Å². The Hall–Kier alpha value is -2.52. The van der Waals surface area contributed by atoms with Crippen LogP contribution in [0.3, 0.4) is 0 Å². The van der Waals surface area contributed by atoms with Gasteiger partial charge in [-0.3, -0.25) is 15.0 Å². The lowest BCUT2D eigenvalue weighted by atomic mass is 10.1. The zero-order valence-corrected chi connectivity index (χ0v) is 17.7. The second kappa shape index (κ2) is 9.80. The summed E-state index contributed by atoms with van der Waals surface area (Å²) in [5.41, 5.74) is -0.590. The minimum Gasteiger partial charge on any atom is -0.462 e. The number of pyridine rings is 1. The van der Waals surface area contributed by atoms with Gasteiger partial charge in [0, 0.05) is 24.7 Å². The van der Waals surface area contributed by atoms with Gasteiger partial charge >= 0.3 is 5.97 Å². The van der Waals surface area contributed by atoms with E-state index < -0.39 is 23.0 Å². The highest BCUT2D eigenvalue weighted by Gasteiger charge is 2.20. The molecule has 0 radical (unpaired) electrons. The normalized spacial score (nSPS) is 11.1. The molecular formula is C20H24FN3O4S. The van der Waals surface area contributed by atoms with Gasteiger partial charge in [0.2, 0.25) is 5.43 Å². The molecule has 1 aromatic carbocycles. The van der Waals surface area contributed by atoms with Gasteiger partial charge in [-0.1, -0.05) is 0 Å². The van der Waals surface area contributed by atoms with Crippen molar-refractivity contribution in [3.63, 3.8) is 0 Å². The summed E-state index contributed by atoms with van der Waals surface area (Å²) in [5.74, 6) is -2.14. The quantitative estimate of drug-likeness (QED) is 0.305. The maximum atomic E-state index is 14.6. The molecule has 0 saturated carbocycles. The summed E-state index contributed by atoms with van der Waals surface area (Å²) in [6, 6.07) is 2.33. The molecule has 1 heterocycles. The Kier molecular flexibility index (Phi) is 7.69. The third kappa shape index (κ3) is 5.30. The third-order valence-corrected chi connectivity index (χ3v) is 5.03. The fraction of sp³-hybridized carbons (Fsp3) is 0.400. The van der Waals surface area contributed by atoms with Gasteiger partial charge in [-0.2, -0.15) is 0 Å². The molecule has 1 N–H and O–H groups in total. The average molecular weight is 421 g/mol. The van der Waals surface area contributed by atoms with Gasteiger partial charge in [-0.05, 0) is 40.1 Å². The van der Waals surface area contributed by atoms with Gasteiger partial charge < -0.3 is 14.2 Å². The molecule has 0 fully saturated rings. The summed E-state index contributed by atoms with van der Waals surface area (Å²) in [5, 5.41) is 8.15. The number of carbonyl (C=O) groups is 2. The number of nitrogens with zero attached hydrogens (tertiary/aromatic N) is 2. The highest BCUT2D eigenvalue weighted by molar-refractivity contribution is 8.14. The average Bonchev–Trinajstić information content (AvgIpc) is 2.66. The van der Waals surface area contributed by atoms with E-state index in [1.807, 2.05) is 21.0 Å². The Morgan fingerprint density at radius 3 is 2.52 bits per heavy atom. The molecule has 2 rings (SSSR count). The van der Waals surface area contributed by atoms with Crippen LogP contribution in [0.2, 0.25) is 0 Å². The highest BCUT2D eigenvalue weighted by atomic mass is 32.2. The minimum absolute atomic E-state index is 0.0134. The topological polar surface area (TPSA) is 92.5 Å². The number of aryl methyl sites for hydroxylation is 1. The number of benzene rings is 1. The number of hydrogen-bond donors (Lipinski definition) is 1. The van der Waals surface area contributed by atoms with E-state index in [1.165, 1.54) is 12.3 Å². The van der Waals surface area contributed by atoms with E-state index in [-0.39, 0.29) is 28.9 Å². The SMILES string of the molecule is CCOC(=O)c1cn(CC)c2cc(C(=O)CSC(=N)CN(C)C)c(F)cc2c1=O. The summed E-state index contributed by atoms with van der Waals surface area (Å²) < 4.78 is 21.2. The number of halogens is 1. The van der Waals surface area contributed by atoms with Crippen molar-refractivity contribution in [2.75, 3.05) is 33.0 Å². The number of esters is 1. The molecule has 0 bridgehead atoms. The lowest BCUT2D eigenvalue weighted by molar-refractivity contribution is 0.0524. The smallest absolute Gasteiger partial charge is 0.343 e. The van der Waals surface area contributed by atoms with Crippen molar-refractivity contribution in [1.29, 1.82) is 5.41 Å². The van der Waals surface area contributed by atoms with Crippen LogP contribution >= 0.6 is 11.8 Å². The standard InChI is InChI=1S/C20H24FN3O4S/c1-5-24-9-14(20(27)28-6-2)19(26)13-7-15(21)12(8-16(13)24)17(25)11-29-18(22)10-23(3)4/h7-9,22H,5-6,10-11H2,1-4H3. The monoisotopic (exact) mass is 421 g/mol. The maximum absolute atomic E-state index is 14.6. The van der Waals surface area contributed by atoms with Crippen LogP contribution in [0.25, 0.3) is 10.9 Å². The molecule has 0 aliphatic rings. The Morgan fingerprint density at radius 2 is 1.93 bits per heavy atom. The number of rotatable bonds is 8. The van der Waals surface area contributed by atoms with Gasteiger partial charge in [-0.25, -0.2) is 9.18 Å². The molecule has 9 heteroatoms. The van der Waals surface area contributed by atoms with Crippen molar-refractivity contribution in [1.82, 2.24) is 9.47 Å². The first-order valence-electron chi connectivity index (χ1n) is 9.11. The van der Waals surface area contributed by atoms with E-state index in [0.717, 1.165) is 17.8 Å². The van der Waals surface area contributed by atoms with Crippen molar-refractivity contribution in [2.45, 2.75) is 20.4 Å². The molecule has 0 spiro atoms. The molecule has 0 aliphatic carbocycles. The first kappa shape index (κ1) is 22.8. The number of ether oxygens (including phenoxy) is 1. The first-order chi connectivity index (χ1) is 13.7. The van der Waals surface area contributed by atoms with Crippen LogP contribution in [0.1, 0.15) is 34.6 Å². The van der Waals surface area contributed by atoms with E-state index in [0.29, 0.717) is 23.6 Å². The number of carbonyl (C=O) groups excluding carboxylic acids is 2. The maximum Gasteiger partial charge on any atom is 0.343 e. The number of aromatic nitrogens is 1. The van der Waals surface area contributed by atoms with Gasteiger partial charge in [0.25, 0.3) is 0 Å². The molecule has 0 aliphatic heterocycles. The zero-order chi connectivity index (χ0) is 21.7. The van der Waals surface area contributed by atoms with Crippen LogP contribution in [-0.2, 0) is 11.3 Å². The van der Waals surface area contributed by atoms with E-state index >= 15 is 0 Å². The van der Waals surface area contributed by atoms with Crippen LogP contribution in [0.4, 0.5) is 4.39 Å². The summed E-state index contributed by atoms with van der Waals surface area (Å²) >= 11 is 1.04. The van der Waals surface area contributed by atoms with E-state index in [9.17, 15) is 18.8 Å². The van der Waals surface area contributed by atoms with Crippen molar-refractivity contribution in [3.8, 4) is 0 Å². The van der Waals surface area contributed by atoms with Gasteiger partial charge in [0.05, 0.1) is 28.5 Å². The molecule has 29 heavy (non-hydrogen) atoms. The van der Waals surface area contributed by atoms with Crippen LogP contribution in [-0.4, -0.2) is 59.3 Å². The molecule has 7 nitrogen and oxygen atoms in total. The van der Waals surface area contributed by atoms with Crippen LogP contribution in [0.5, 0.6) is 0 Å². The summed E-state index contributed by atoms with van der Waals surface area (Å²) in [6.07, 6.45) is 1.37. The van der Waals surface area contributed by atoms with Crippen LogP contribution in [0, 0.1) is 11.2 Å². The Balaban J connectivity index is 2.45. The van der Waals surface area contributed by atoms with Crippen molar-refractivity contribution >= 4 is 39.5 Å². The fourth-order valence-corrected chi connectivity index (χ4v) is 3.61. The molecule has 156 valence electrons. The number of nitrogens with one attached hydrogen (secondary N) is 1. The zero-order valence-electron chi connectivity index (χ0n) is 16.9. The molecule has 1 aromatic heterocycles. The van der Waals surface area contributed by atoms with Crippen molar-refractivity contribution in [3.05, 3.63) is 45.5 Å². The van der Waals surface area contributed by atoms with Gasteiger partial charge in [0.15, 0.2) is 5.78 Å². The number of Topliss-reactive ketones (excluding diaryl/α,β-unsaturated/α-hetero) is 1. The predicted molar refractivity (Wildman–Crippen MR) is 113 cm³/mol. The van der Waals surface area contributed by atoms with Crippen LogP contribution in [0.15, 0.2) is 23.1 Å². The van der Waals surface area contributed by atoms with E-state index in [2.05, 4.69) is 0 Å². The Labute approximate surface area is 172 Å². The number of fused-ring (bicyclic) bond motifs is 1. The van der Waals surface area contributed by atoms with Gasteiger partial charge in [-0.15, -0.1) is 11.8 Å². The van der Waals surface area contributed by atoms with E-state index in [4.69, 9.17) is 10.1 Å². The van der Waals surface area contributed by atoms with Crippen molar-refractivity contribution in [2.24, 2.45) is 0 Å². The lowest BCUT2D eigenvalue weighted by Gasteiger charge is -2.13. The van der Waals surface area contributed by atoms with Crippen molar-refractivity contribution < 1.29 is 18.7 Å². The summed E-state index contributed by atoms with van der Waals surface area (Å²) in [4.78, 5) is 39.0. The fourth-order valence-electron chi connectivity index (χ4n) is 2.80. The minimum atomic E-state index is -0.831. The number of hydrogen-bond acceptors (Lipinski definition) is 7. The second-order valence-electron chi connectivity index (χ2n) is 6.60. The predicted octanol–water partition coefficient (Wildman–Crippen LogP) is 2.79. The highest BCUT2D eigenvalue weighted by Crippen LogP contribution is 2.20. The molecular weight excluding hydrogens is 397 g/mol. The Bertz CT molecular complexity index is 1020. The number of ketones is 1. The third-order valence-electron chi connectivity index (χ3n) is 4.14. The van der Waals surface area contributed by atoms with Crippen LogP contribution < -0.4 is 5.43 Å². The molecule has 0 atom stereocenters. The lowest BCUT2D eigenvalue weighted by Crippen LogP contribution is -2.22. The summed E-state index contributed by atoms with van der Waals surface area (Å²) in [6.45, 7) is 4.35. The Morgan fingerprint density at radius 1 is 1.24 bits per heavy atom. The molecule has 0 unspecified atom stereocenters. The molecule has 2 aromatic rings. The number of thioether (sulfide) groups is 1. The largest absolute Gasteiger partial charge is 0.462 e. The molecule has 0 amide bonds. The second-order valence-corrected chi connectivity index (χ2v) is 7.67.